The fourth-order valence-electron chi connectivity index (χ4n) is 1.05. The topological polar surface area (TPSA) is 26.3 Å². The van der Waals surface area contributed by atoms with Crippen LogP contribution < -0.4 is 0 Å². The highest BCUT2D eigenvalue weighted by molar-refractivity contribution is 9.10. The summed E-state index contributed by atoms with van der Waals surface area (Å²) in [6.45, 7) is 2.07. The molecule has 0 aliphatic carbocycles. The molecule has 1 aromatic rings. The van der Waals surface area contributed by atoms with Gasteiger partial charge in [0.15, 0.2) is 0 Å². The van der Waals surface area contributed by atoms with Crippen molar-refractivity contribution in [1.29, 1.82) is 0 Å². The first-order chi connectivity index (χ1) is 6.67. The Bertz CT molecular complexity index is 339. The Morgan fingerprint density at radius 2 is 2.21 bits per heavy atom. The van der Waals surface area contributed by atoms with Gasteiger partial charge in [0.2, 0.25) is 0 Å². The summed E-state index contributed by atoms with van der Waals surface area (Å²) in [6, 6.07) is 5.58. The van der Waals surface area contributed by atoms with Gasteiger partial charge in [-0.1, -0.05) is 22.9 Å². The number of carbonyl (C=O) groups is 1. The van der Waals surface area contributed by atoms with Gasteiger partial charge in [0.05, 0.1) is 12.7 Å². The number of hydrogen-bond donors (Lipinski definition) is 0. The zero-order valence-corrected chi connectivity index (χ0v) is 10.4. The maximum Gasteiger partial charge on any atom is 0.337 e. The third-order valence-electron chi connectivity index (χ3n) is 1.60. The third-order valence-corrected chi connectivity index (χ3v) is 2.92. The Morgan fingerprint density at radius 1 is 1.50 bits per heavy atom. The number of thioether (sulfide) groups is 1. The van der Waals surface area contributed by atoms with Gasteiger partial charge in [0.1, 0.15) is 0 Å². The van der Waals surface area contributed by atoms with Crippen molar-refractivity contribution in [2.45, 2.75) is 11.8 Å². The van der Waals surface area contributed by atoms with E-state index in [0.717, 1.165) is 15.1 Å². The SMILES string of the molecule is CCSc1cc(Br)cc(C(=O)OC)c1. The smallest absolute Gasteiger partial charge is 0.337 e. The second-order valence-corrected chi connectivity index (χ2v) is 4.85. The summed E-state index contributed by atoms with van der Waals surface area (Å²) in [4.78, 5) is 12.3. The number of carbonyl (C=O) groups excluding carboxylic acids is 1. The lowest BCUT2D eigenvalue weighted by atomic mass is 10.2. The molecule has 0 saturated carbocycles. The van der Waals surface area contributed by atoms with E-state index in [1.165, 1.54) is 7.11 Å². The van der Waals surface area contributed by atoms with E-state index in [1.54, 1.807) is 17.8 Å². The van der Waals surface area contributed by atoms with Crippen molar-refractivity contribution in [3.8, 4) is 0 Å². The second kappa shape index (κ2) is 5.41. The minimum Gasteiger partial charge on any atom is -0.465 e. The van der Waals surface area contributed by atoms with Crippen LogP contribution >= 0.6 is 27.7 Å². The molecule has 0 aromatic heterocycles. The van der Waals surface area contributed by atoms with E-state index in [0.29, 0.717) is 5.56 Å². The van der Waals surface area contributed by atoms with Crippen LogP contribution in [0, 0.1) is 0 Å². The van der Waals surface area contributed by atoms with Crippen LogP contribution in [0.25, 0.3) is 0 Å². The first-order valence-electron chi connectivity index (χ1n) is 4.19. The van der Waals surface area contributed by atoms with Gasteiger partial charge < -0.3 is 4.74 Å². The van der Waals surface area contributed by atoms with Crippen molar-refractivity contribution in [3.05, 3.63) is 28.2 Å². The average Bonchev–Trinajstić information content (AvgIpc) is 2.16. The summed E-state index contributed by atoms with van der Waals surface area (Å²) < 4.78 is 5.55. The van der Waals surface area contributed by atoms with Crippen LogP contribution in [0.5, 0.6) is 0 Å². The first kappa shape index (κ1) is 11.6. The van der Waals surface area contributed by atoms with E-state index < -0.39 is 0 Å². The summed E-state index contributed by atoms with van der Waals surface area (Å²) in [7, 11) is 1.38. The predicted molar refractivity (Wildman–Crippen MR) is 61.9 cm³/mol. The van der Waals surface area contributed by atoms with E-state index >= 15 is 0 Å². The van der Waals surface area contributed by atoms with Crippen molar-refractivity contribution in [2.24, 2.45) is 0 Å². The number of esters is 1. The Labute approximate surface area is 96.2 Å². The maximum absolute atomic E-state index is 11.3. The van der Waals surface area contributed by atoms with Gasteiger partial charge in [-0.2, -0.15) is 0 Å². The maximum atomic E-state index is 11.3. The number of rotatable bonds is 3. The molecule has 0 radical (unpaired) electrons. The third kappa shape index (κ3) is 3.03. The lowest BCUT2D eigenvalue weighted by Crippen LogP contribution is -2.01. The van der Waals surface area contributed by atoms with Crippen molar-refractivity contribution < 1.29 is 9.53 Å². The van der Waals surface area contributed by atoms with Gasteiger partial charge in [0, 0.05) is 9.37 Å². The van der Waals surface area contributed by atoms with Crippen LogP contribution in [0.15, 0.2) is 27.6 Å². The fraction of sp³-hybridized carbons (Fsp3) is 0.300. The lowest BCUT2D eigenvalue weighted by Gasteiger charge is -2.03. The Kier molecular flexibility index (Phi) is 4.48. The van der Waals surface area contributed by atoms with Gasteiger partial charge in [-0.15, -0.1) is 11.8 Å². The molecule has 0 aliphatic rings. The monoisotopic (exact) mass is 274 g/mol. The lowest BCUT2D eigenvalue weighted by molar-refractivity contribution is 0.0600. The van der Waals surface area contributed by atoms with Crippen molar-refractivity contribution in [2.75, 3.05) is 12.9 Å². The van der Waals surface area contributed by atoms with Gasteiger partial charge in [-0.25, -0.2) is 4.79 Å². The summed E-state index contributed by atoms with van der Waals surface area (Å²) in [5.41, 5.74) is 0.581. The first-order valence-corrected chi connectivity index (χ1v) is 5.97. The highest BCUT2D eigenvalue weighted by atomic mass is 79.9. The van der Waals surface area contributed by atoms with E-state index in [1.807, 2.05) is 12.1 Å². The molecule has 0 atom stereocenters. The molecule has 4 heteroatoms. The molecule has 0 unspecified atom stereocenters. The molecule has 0 bridgehead atoms. The molecule has 0 saturated heterocycles. The predicted octanol–water partition coefficient (Wildman–Crippen LogP) is 3.35. The standard InChI is InChI=1S/C10H11BrO2S/c1-3-14-9-5-7(10(12)13-2)4-8(11)6-9/h4-6H,3H2,1-2H3. The van der Waals surface area contributed by atoms with E-state index in [4.69, 9.17) is 0 Å². The minimum absolute atomic E-state index is 0.302. The highest BCUT2D eigenvalue weighted by Gasteiger charge is 2.07. The van der Waals surface area contributed by atoms with E-state index in [-0.39, 0.29) is 5.97 Å². The van der Waals surface area contributed by atoms with Crippen molar-refractivity contribution in [1.82, 2.24) is 0 Å². The van der Waals surface area contributed by atoms with Gasteiger partial charge in [-0.05, 0) is 24.0 Å². The molecule has 1 aromatic carbocycles. The molecule has 76 valence electrons. The van der Waals surface area contributed by atoms with E-state index in [9.17, 15) is 4.79 Å². The fourth-order valence-corrected chi connectivity index (χ4v) is 2.45. The second-order valence-electron chi connectivity index (χ2n) is 2.60. The minimum atomic E-state index is -0.302. The largest absolute Gasteiger partial charge is 0.465 e. The summed E-state index contributed by atoms with van der Waals surface area (Å²) >= 11 is 5.05. The van der Waals surface area contributed by atoms with Crippen LogP contribution in [-0.2, 0) is 4.74 Å². The Balaban J connectivity index is 3.00. The van der Waals surface area contributed by atoms with Gasteiger partial charge in [0.25, 0.3) is 0 Å². The molecule has 0 amide bonds. The Hall–Kier alpha value is -0.480. The van der Waals surface area contributed by atoms with Gasteiger partial charge >= 0.3 is 5.97 Å². The number of benzene rings is 1. The van der Waals surface area contributed by atoms with Crippen LogP contribution in [0.3, 0.4) is 0 Å². The average molecular weight is 275 g/mol. The van der Waals surface area contributed by atoms with Crippen LogP contribution in [0.4, 0.5) is 0 Å². The Morgan fingerprint density at radius 3 is 2.79 bits per heavy atom. The van der Waals surface area contributed by atoms with E-state index in [2.05, 4.69) is 27.6 Å². The molecule has 0 aliphatic heterocycles. The molecular formula is C10H11BrO2S. The van der Waals surface area contributed by atoms with Crippen LogP contribution in [-0.4, -0.2) is 18.8 Å². The van der Waals surface area contributed by atoms with Crippen LogP contribution in [0.2, 0.25) is 0 Å². The van der Waals surface area contributed by atoms with Crippen LogP contribution in [0.1, 0.15) is 17.3 Å². The molecule has 0 N–H and O–H groups in total. The quantitative estimate of drug-likeness (QED) is 0.625. The summed E-state index contributed by atoms with van der Waals surface area (Å²) in [5, 5.41) is 0. The van der Waals surface area contributed by atoms with Gasteiger partial charge in [-0.3, -0.25) is 0 Å². The molecular weight excluding hydrogens is 264 g/mol. The van der Waals surface area contributed by atoms with Crippen molar-refractivity contribution >= 4 is 33.7 Å². The summed E-state index contributed by atoms with van der Waals surface area (Å²) in [5.74, 6) is 0.682. The number of methoxy groups -OCH3 is 1. The zero-order valence-electron chi connectivity index (χ0n) is 8.04. The van der Waals surface area contributed by atoms with Crippen molar-refractivity contribution in [3.63, 3.8) is 0 Å². The molecule has 0 fully saturated rings. The molecule has 0 heterocycles. The number of hydrogen-bond acceptors (Lipinski definition) is 3. The normalized spacial score (nSPS) is 9.93. The zero-order chi connectivity index (χ0) is 10.6. The molecule has 1 rings (SSSR count). The molecule has 0 spiro atoms. The number of ether oxygens (including phenoxy) is 1. The molecule has 2 nitrogen and oxygen atoms in total. The number of halogens is 1. The highest BCUT2D eigenvalue weighted by Crippen LogP contribution is 2.24. The molecule has 14 heavy (non-hydrogen) atoms. The summed E-state index contributed by atoms with van der Waals surface area (Å²) in [6.07, 6.45) is 0.